The van der Waals surface area contributed by atoms with E-state index in [2.05, 4.69) is 9.97 Å². The van der Waals surface area contributed by atoms with E-state index in [-0.39, 0.29) is 33.7 Å². The van der Waals surface area contributed by atoms with Crippen LogP contribution >= 0.6 is 0 Å². The Hall–Kier alpha value is -3.66. The predicted octanol–water partition coefficient (Wildman–Crippen LogP) is 3.15. The minimum absolute atomic E-state index is 0.0869. The third-order valence-electron chi connectivity index (χ3n) is 4.94. The minimum atomic E-state index is -4.06. The molecule has 8 nitrogen and oxygen atoms in total. The van der Waals surface area contributed by atoms with Crippen LogP contribution in [-0.2, 0) is 14.8 Å². The lowest BCUT2D eigenvalue weighted by atomic mass is 10.1. The summed E-state index contributed by atoms with van der Waals surface area (Å²) in [6.45, 7) is 1.80. The molecule has 0 fully saturated rings. The van der Waals surface area contributed by atoms with Gasteiger partial charge in [-0.15, -0.1) is 0 Å². The first kappa shape index (κ1) is 20.6. The standard InChI is InChI=1S/C21H18FN3O5S/c1-3-30-21(27)16-11-23-19-18(16)15-10-14(7-8-17(15)24-20(19)26)31(28,29)25(2)13-6-4-5-12(22)9-13/h4-11,23H,3H2,1-2H3,(H,24,26). The number of H-pyrrole nitrogens is 2. The zero-order chi connectivity index (χ0) is 22.3. The van der Waals surface area contributed by atoms with Gasteiger partial charge in [-0.3, -0.25) is 9.10 Å². The fourth-order valence-electron chi connectivity index (χ4n) is 3.41. The number of hydrogen-bond acceptors (Lipinski definition) is 5. The van der Waals surface area contributed by atoms with E-state index >= 15 is 0 Å². The van der Waals surface area contributed by atoms with E-state index in [1.54, 1.807) is 6.92 Å². The molecule has 0 amide bonds. The van der Waals surface area contributed by atoms with E-state index < -0.39 is 27.4 Å². The van der Waals surface area contributed by atoms with Crippen molar-refractivity contribution in [2.24, 2.45) is 0 Å². The summed E-state index contributed by atoms with van der Waals surface area (Å²) in [4.78, 5) is 30.1. The van der Waals surface area contributed by atoms with Gasteiger partial charge in [-0.1, -0.05) is 6.07 Å². The van der Waals surface area contributed by atoms with Gasteiger partial charge in [-0.25, -0.2) is 17.6 Å². The van der Waals surface area contributed by atoms with Crippen molar-refractivity contribution in [3.05, 3.63) is 70.4 Å². The average molecular weight is 443 g/mol. The summed E-state index contributed by atoms with van der Waals surface area (Å²) >= 11 is 0. The number of carbonyl (C=O) groups is 1. The number of rotatable bonds is 5. The lowest BCUT2D eigenvalue weighted by Crippen LogP contribution is -2.26. The van der Waals surface area contributed by atoms with Gasteiger partial charge in [0.05, 0.1) is 22.8 Å². The summed E-state index contributed by atoms with van der Waals surface area (Å²) in [5, 5.41) is 0.621. The molecule has 2 N–H and O–H groups in total. The van der Waals surface area contributed by atoms with Crippen molar-refractivity contribution in [2.45, 2.75) is 11.8 Å². The number of aromatic nitrogens is 2. The molecule has 4 rings (SSSR count). The van der Waals surface area contributed by atoms with Gasteiger partial charge in [0.1, 0.15) is 11.3 Å². The second kappa shape index (κ2) is 7.55. The number of hydrogen-bond donors (Lipinski definition) is 2. The molecule has 0 aliphatic carbocycles. The van der Waals surface area contributed by atoms with Gasteiger partial charge in [-0.2, -0.15) is 0 Å². The first-order chi connectivity index (χ1) is 14.7. The quantitative estimate of drug-likeness (QED) is 0.460. The third kappa shape index (κ3) is 3.44. The van der Waals surface area contributed by atoms with Crippen LogP contribution in [-0.4, -0.2) is 38.0 Å². The Labute approximate surface area is 176 Å². The Balaban J connectivity index is 1.93. The second-order valence-corrected chi connectivity index (χ2v) is 8.76. The molecule has 0 saturated carbocycles. The Morgan fingerprint density at radius 1 is 1.19 bits per heavy atom. The molecule has 160 valence electrons. The zero-order valence-corrected chi connectivity index (χ0v) is 17.4. The molecule has 0 radical (unpaired) electrons. The molecule has 0 spiro atoms. The van der Waals surface area contributed by atoms with Crippen molar-refractivity contribution in [3.63, 3.8) is 0 Å². The summed E-state index contributed by atoms with van der Waals surface area (Å²) in [5.74, 6) is -1.20. The van der Waals surface area contributed by atoms with Crippen molar-refractivity contribution in [1.29, 1.82) is 0 Å². The van der Waals surface area contributed by atoms with Crippen LogP contribution in [0.2, 0.25) is 0 Å². The molecule has 2 aromatic carbocycles. The molecule has 0 bridgehead atoms. The van der Waals surface area contributed by atoms with E-state index in [1.807, 2.05) is 0 Å². The molecule has 0 aliphatic rings. The summed E-state index contributed by atoms with van der Waals surface area (Å²) in [5.41, 5.74) is 0.311. The third-order valence-corrected chi connectivity index (χ3v) is 6.72. The van der Waals surface area contributed by atoms with Crippen molar-refractivity contribution in [2.75, 3.05) is 18.0 Å². The summed E-state index contributed by atoms with van der Waals surface area (Å²) in [6, 6.07) is 9.37. The van der Waals surface area contributed by atoms with Crippen LogP contribution in [0.15, 0.2) is 58.4 Å². The molecular formula is C21H18FN3O5S. The van der Waals surface area contributed by atoms with Crippen LogP contribution in [0.3, 0.4) is 0 Å². The number of carbonyl (C=O) groups excluding carboxylic acids is 1. The number of halogens is 1. The van der Waals surface area contributed by atoms with Crippen LogP contribution in [0.4, 0.5) is 10.1 Å². The van der Waals surface area contributed by atoms with Crippen molar-refractivity contribution >= 4 is 43.5 Å². The monoisotopic (exact) mass is 443 g/mol. The maximum atomic E-state index is 13.6. The fraction of sp³-hybridized carbons (Fsp3) is 0.143. The Kier molecular flexibility index (Phi) is 5.02. The summed E-state index contributed by atoms with van der Waals surface area (Å²) in [6.07, 6.45) is 1.36. The van der Waals surface area contributed by atoms with Crippen LogP contribution in [0.1, 0.15) is 17.3 Å². The normalized spacial score (nSPS) is 11.7. The molecule has 2 aromatic heterocycles. The molecule has 0 unspecified atom stereocenters. The maximum absolute atomic E-state index is 13.6. The van der Waals surface area contributed by atoms with Gasteiger partial charge < -0.3 is 14.7 Å². The number of aromatic amines is 2. The number of benzene rings is 2. The maximum Gasteiger partial charge on any atom is 0.340 e. The Morgan fingerprint density at radius 2 is 1.97 bits per heavy atom. The number of ether oxygens (including phenoxy) is 1. The van der Waals surface area contributed by atoms with Crippen LogP contribution < -0.4 is 9.86 Å². The van der Waals surface area contributed by atoms with Gasteiger partial charge in [0.15, 0.2) is 0 Å². The summed E-state index contributed by atoms with van der Waals surface area (Å²) < 4.78 is 46.0. The highest BCUT2D eigenvalue weighted by Crippen LogP contribution is 2.29. The predicted molar refractivity (Wildman–Crippen MR) is 114 cm³/mol. The van der Waals surface area contributed by atoms with E-state index in [1.165, 1.54) is 49.6 Å². The van der Waals surface area contributed by atoms with E-state index in [0.29, 0.717) is 10.9 Å². The lowest BCUT2D eigenvalue weighted by molar-refractivity contribution is 0.0529. The minimum Gasteiger partial charge on any atom is -0.462 e. The molecule has 10 heteroatoms. The van der Waals surface area contributed by atoms with Crippen molar-refractivity contribution < 1.29 is 22.3 Å². The van der Waals surface area contributed by atoms with Gasteiger partial charge in [0.25, 0.3) is 15.6 Å². The highest BCUT2D eigenvalue weighted by atomic mass is 32.2. The molecule has 4 aromatic rings. The molecule has 2 heterocycles. The first-order valence-corrected chi connectivity index (χ1v) is 10.8. The lowest BCUT2D eigenvalue weighted by Gasteiger charge is -2.20. The molecule has 0 atom stereocenters. The van der Waals surface area contributed by atoms with Crippen LogP contribution in [0.25, 0.3) is 21.8 Å². The molecular weight excluding hydrogens is 425 g/mol. The SMILES string of the molecule is CCOC(=O)c1c[nH]c2c(=O)[nH]c3ccc(S(=O)(=O)N(C)c4cccc(F)c4)cc3c12. The highest BCUT2D eigenvalue weighted by molar-refractivity contribution is 7.92. The number of esters is 1. The molecule has 0 saturated heterocycles. The van der Waals surface area contributed by atoms with Crippen molar-refractivity contribution in [1.82, 2.24) is 9.97 Å². The number of fused-ring (bicyclic) bond motifs is 3. The van der Waals surface area contributed by atoms with Gasteiger partial charge in [0.2, 0.25) is 0 Å². The Bertz CT molecular complexity index is 1490. The fourth-order valence-corrected chi connectivity index (χ4v) is 4.62. The highest BCUT2D eigenvalue weighted by Gasteiger charge is 2.24. The topological polar surface area (TPSA) is 112 Å². The smallest absolute Gasteiger partial charge is 0.340 e. The number of pyridine rings is 1. The number of nitrogens with one attached hydrogen (secondary N) is 2. The number of nitrogens with zero attached hydrogens (tertiary/aromatic N) is 1. The zero-order valence-electron chi connectivity index (χ0n) is 16.6. The van der Waals surface area contributed by atoms with Crippen LogP contribution in [0, 0.1) is 5.82 Å². The first-order valence-electron chi connectivity index (χ1n) is 9.32. The molecule has 31 heavy (non-hydrogen) atoms. The van der Waals surface area contributed by atoms with Gasteiger partial charge >= 0.3 is 5.97 Å². The van der Waals surface area contributed by atoms with Gasteiger partial charge in [0, 0.05) is 29.5 Å². The molecule has 0 aliphatic heterocycles. The van der Waals surface area contributed by atoms with Crippen molar-refractivity contribution in [3.8, 4) is 0 Å². The number of sulfonamides is 1. The second-order valence-electron chi connectivity index (χ2n) is 6.79. The Morgan fingerprint density at radius 3 is 2.68 bits per heavy atom. The van der Waals surface area contributed by atoms with Crippen LogP contribution in [0.5, 0.6) is 0 Å². The van der Waals surface area contributed by atoms with E-state index in [9.17, 15) is 22.4 Å². The summed E-state index contributed by atoms with van der Waals surface area (Å²) in [7, 11) is -2.74. The van der Waals surface area contributed by atoms with E-state index in [4.69, 9.17) is 4.74 Å². The number of anilines is 1. The van der Waals surface area contributed by atoms with E-state index in [0.717, 1.165) is 10.4 Å². The largest absolute Gasteiger partial charge is 0.462 e. The average Bonchev–Trinajstić information content (AvgIpc) is 3.19. The van der Waals surface area contributed by atoms with Gasteiger partial charge in [-0.05, 0) is 43.3 Å².